The van der Waals surface area contributed by atoms with Crippen LogP contribution >= 0.6 is 0 Å². The van der Waals surface area contributed by atoms with Gasteiger partial charge in [0.05, 0.1) is 13.2 Å². The number of rotatable bonds is 3. The Balaban J connectivity index is 2.11. The van der Waals surface area contributed by atoms with Crippen LogP contribution in [-0.2, 0) is 4.79 Å². The maximum absolute atomic E-state index is 11.7. The van der Waals surface area contributed by atoms with E-state index in [2.05, 4.69) is 5.32 Å². The number of ether oxygens (including phenoxy) is 1. The first kappa shape index (κ1) is 11.1. The fourth-order valence-electron chi connectivity index (χ4n) is 2.06. The zero-order valence-corrected chi connectivity index (χ0v) is 9.53. The molecular formula is C13H17NO2. The summed E-state index contributed by atoms with van der Waals surface area (Å²) in [6.07, 6.45) is 0.896. The van der Waals surface area contributed by atoms with Crippen LogP contribution < -0.4 is 10.1 Å². The lowest BCUT2D eigenvalue weighted by molar-refractivity contribution is -0.120. The molecule has 1 fully saturated rings. The van der Waals surface area contributed by atoms with E-state index in [-0.39, 0.29) is 11.7 Å². The average molecular weight is 219 g/mol. The van der Waals surface area contributed by atoms with Crippen LogP contribution in [0, 0.1) is 0 Å². The third kappa shape index (κ3) is 2.42. The third-order valence-corrected chi connectivity index (χ3v) is 2.89. The van der Waals surface area contributed by atoms with Crippen LogP contribution in [0.5, 0.6) is 5.75 Å². The number of carbonyl (C=O) groups is 1. The summed E-state index contributed by atoms with van der Waals surface area (Å²) in [6, 6.07) is 7.88. The van der Waals surface area contributed by atoms with E-state index in [0.717, 1.165) is 24.3 Å². The molecule has 0 aliphatic carbocycles. The molecule has 16 heavy (non-hydrogen) atoms. The van der Waals surface area contributed by atoms with Gasteiger partial charge in [-0.2, -0.15) is 0 Å². The van der Waals surface area contributed by atoms with E-state index in [1.807, 2.05) is 31.2 Å². The van der Waals surface area contributed by atoms with Crippen LogP contribution in [0.25, 0.3) is 0 Å². The van der Waals surface area contributed by atoms with Gasteiger partial charge in [-0.3, -0.25) is 4.79 Å². The molecule has 1 atom stereocenters. The van der Waals surface area contributed by atoms with Crippen molar-refractivity contribution in [1.82, 2.24) is 5.32 Å². The van der Waals surface area contributed by atoms with Crippen molar-refractivity contribution in [3.05, 3.63) is 29.8 Å². The first-order valence-electron chi connectivity index (χ1n) is 5.77. The van der Waals surface area contributed by atoms with Gasteiger partial charge < -0.3 is 10.1 Å². The minimum absolute atomic E-state index is 0.0666. The maximum atomic E-state index is 11.7. The Kier molecular flexibility index (Phi) is 3.57. The molecule has 1 saturated heterocycles. The summed E-state index contributed by atoms with van der Waals surface area (Å²) in [4.78, 5) is 11.7. The van der Waals surface area contributed by atoms with Crippen LogP contribution in [0.4, 0.5) is 0 Å². The summed E-state index contributed by atoms with van der Waals surface area (Å²) in [5.41, 5.74) is 1.11. The molecule has 0 bridgehead atoms. The standard InChI is InChI=1S/C13H17NO2/c1-2-16-11-5-3-10(4-6-11)12-7-8-14-9-13(12)15/h3-6,12,14H,2,7-9H2,1H3. The highest BCUT2D eigenvalue weighted by atomic mass is 16.5. The maximum Gasteiger partial charge on any atom is 0.154 e. The molecular weight excluding hydrogens is 202 g/mol. The van der Waals surface area contributed by atoms with E-state index in [1.54, 1.807) is 0 Å². The number of nitrogens with one attached hydrogen (secondary N) is 1. The molecule has 3 nitrogen and oxygen atoms in total. The molecule has 1 aromatic rings. The van der Waals surface area contributed by atoms with E-state index in [4.69, 9.17) is 4.74 Å². The van der Waals surface area contributed by atoms with Crippen LogP contribution in [0.15, 0.2) is 24.3 Å². The van der Waals surface area contributed by atoms with Crippen molar-refractivity contribution in [2.75, 3.05) is 19.7 Å². The second-order valence-electron chi connectivity index (χ2n) is 3.99. The summed E-state index contributed by atoms with van der Waals surface area (Å²) < 4.78 is 5.38. The lowest BCUT2D eigenvalue weighted by atomic mass is 9.89. The molecule has 3 heteroatoms. The normalized spacial score (nSPS) is 20.8. The largest absolute Gasteiger partial charge is 0.494 e. The van der Waals surface area contributed by atoms with Gasteiger partial charge >= 0.3 is 0 Å². The zero-order valence-electron chi connectivity index (χ0n) is 9.53. The van der Waals surface area contributed by atoms with Crippen molar-refractivity contribution in [2.24, 2.45) is 0 Å². The Morgan fingerprint density at radius 1 is 1.38 bits per heavy atom. The highest BCUT2D eigenvalue weighted by Crippen LogP contribution is 2.24. The van der Waals surface area contributed by atoms with Crippen molar-refractivity contribution in [3.8, 4) is 5.75 Å². The lowest BCUT2D eigenvalue weighted by Crippen LogP contribution is -2.35. The number of piperidine rings is 1. The Labute approximate surface area is 95.8 Å². The number of hydrogen-bond acceptors (Lipinski definition) is 3. The van der Waals surface area contributed by atoms with Crippen molar-refractivity contribution < 1.29 is 9.53 Å². The van der Waals surface area contributed by atoms with Crippen molar-refractivity contribution in [2.45, 2.75) is 19.3 Å². The second-order valence-corrected chi connectivity index (χ2v) is 3.99. The van der Waals surface area contributed by atoms with Crippen LogP contribution in [0.2, 0.25) is 0 Å². The molecule has 1 heterocycles. The van der Waals surface area contributed by atoms with Crippen molar-refractivity contribution in [1.29, 1.82) is 0 Å². The second kappa shape index (κ2) is 5.12. The van der Waals surface area contributed by atoms with Crippen molar-refractivity contribution >= 4 is 5.78 Å². The van der Waals surface area contributed by atoms with E-state index >= 15 is 0 Å². The van der Waals surface area contributed by atoms with Gasteiger partial charge in [0.2, 0.25) is 0 Å². The summed E-state index contributed by atoms with van der Waals surface area (Å²) >= 11 is 0. The average Bonchev–Trinajstić information content (AvgIpc) is 2.31. The zero-order chi connectivity index (χ0) is 11.4. The molecule has 0 radical (unpaired) electrons. The summed E-state index contributed by atoms with van der Waals surface area (Å²) in [5.74, 6) is 1.22. The molecule has 0 aromatic heterocycles. The van der Waals surface area contributed by atoms with E-state index in [9.17, 15) is 4.79 Å². The third-order valence-electron chi connectivity index (χ3n) is 2.89. The smallest absolute Gasteiger partial charge is 0.154 e. The molecule has 0 saturated carbocycles. The number of carbonyl (C=O) groups excluding carboxylic acids is 1. The minimum atomic E-state index is 0.0666. The molecule has 0 amide bonds. The summed E-state index contributed by atoms with van der Waals surface area (Å²) in [7, 11) is 0. The van der Waals surface area contributed by atoms with Gasteiger partial charge in [0.15, 0.2) is 5.78 Å². The SMILES string of the molecule is CCOc1ccc(C2CCNCC2=O)cc1. The van der Waals surface area contributed by atoms with Gasteiger partial charge in [-0.15, -0.1) is 0 Å². The summed E-state index contributed by atoms with van der Waals surface area (Å²) in [5, 5.41) is 3.09. The highest BCUT2D eigenvalue weighted by Gasteiger charge is 2.23. The molecule has 0 spiro atoms. The predicted octanol–water partition coefficient (Wildman–Crippen LogP) is 1.73. The number of Topliss-reactive ketones (excluding diaryl/α,β-unsaturated/α-hetero) is 1. The van der Waals surface area contributed by atoms with Crippen LogP contribution in [0.3, 0.4) is 0 Å². The quantitative estimate of drug-likeness (QED) is 0.841. The summed E-state index contributed by atoms with van der Waals surface area (Å²) in [6.45, 7) is 4.05. The molecule has 1 aliphatic heterocycles. The molecule has 1 aromatic carbocycles. The molecule has 1 N–H and O–H groups in total. The van der Waals surface area contributed by atoms with Crippen LogP contribution in [0.1, 0.15) is 24.8 Å². The molecule has 86 valence electrons. The Bertz CT molecular complexity index is 359. The Morgan fingerprint density at radius 2 is 2.12 bits per heavy atom. The molecule has 1 aliphatic rings. The fourth-order valence-corrected chi connectivity index (χ4v) is 2.06. The van der Waals surface area contributed by atoms with Gasteiger partial charge in [0.25, 0.3) is 0 Å². The topological polar surface area (TPSA) is 38.3 Å². The van der Waals surface area contributed by atoms with Crippen molar-refractivity contribution in [3.63, 3.8) is 0 Å². The first-order chi connectivity index (χ1) is 7.81. The van der Waals surface area contributed by atoms with Gasteiger partial charge in [0.1, 0.15) is 5.75 Å². The van der Waals surface area contributed by atoms with Gasteiger partial charge in [-0.25, -0.2) is 0 Å². The Morgan fingerprint density at radius 3 is 2.75 bits per heavy atom. The predicted molar refractivity (Wildman–Crippen MR) is 62.8 cm³/mol. The number of ketones is 1. The fraction of sp³-hybridized carbons (Fsp3) is 0.462. The van der Waals surface area contributed by atoms with E-state index in [1.165, 1.54) is 0 Å². The molecule has 1 unspecified atom stereocenters. The van der Waals surface area contributed by atoms with Gasteiger partial charge in [-0.05, 0) is 37.6 Å². The van der Waals surface area contributed by atoms with Gasteiger partial charge in [-0.1, -0.05) is 12.1 Å². The van der Waals surface area contributed by atoms with Crippen LogP contribution in [-0.4, -0.2) is 25.5 Å². The van der Waals surface area contributed by atoms with Gasteiger partial charge in [0, 0.05) is 5.92 Å². The first-order valence-corrected chi connectivity index (χ1v) is 5.77. The number of hydrogen-bond donors (Lipinski definition) is 1. The monoisotopic (exact) mass is 219 g/mol. The number of benzene rings is 1. The van der Waals surface area contributed by atoms with E-state index in [0.29, 0.717) is 13.2 Å². The lowest BCUT2D eigenvalue weighted by Gasteiger charge is -2.21. The highest BCUT2D eigenvalue weighted by molar-refractivity contribution is 5.88. The van der Waals surface area contributed by atoms with E-state index < -0.39 is 0 Å². The molecule has 2 rings (SSSR count). The minimum Gasteiger partial charge on any atom is -0.494 e. The Hall–Kier alpha value is -1.35.